The average Bonchev–Trinajstić information content (AvgIpc) is 2.46. The maximum atomic E-state index is 5.89. The molecule has 2 N–H and O–H groups in total. The third-order valence-electron chi connectivity index (χ3n) is 2.72. The van der Waals surface area contributed by atoms with Gasteiger partial charge in [0.05, 0.1) is 12.7 Å². The Morgan fingerprint density at radius 1 is 1.15 bits per heavy atom. The minimum absolute atomic E-state index is 0.327. The molecule has 0 aliphatic carbocycles. The SMILES string of the molecule is COc1cccc(Oc2cccc(SC)c2C(N)=S)c1. The fourth-order valence-corrected chi connectivity index (χ4v) is 2.71. The molecule has 0 atom stereocenters. The predicted octanol–water partition coefficient (Wildman–Crippen LogP) is 3.84. The highest BCUT2D eigenvalue weighted by molar-refractivity contribution is 7.98. The van der Waals surface area contributed by atoms with Crippen molar-refractivity contribution in [1.82, 2.24) is 0 Å². The number of benzene rings is 2. The van der Waals surface area contributed by atoms with E-state index in [0.29, 0.717) is 16.5 Å². The number of rotatable bonds is 5. The summed E-state index contributed by atoms with van der Waals surface area (Å²) in [5, 5.41) is 0. The third-order valence-corrected chi connectivity index (χ3v) is 3.71. The molecule has 0 amide bonds. The van der Waals surface area contributed by atoms with Gasteiger partial charge in [0.25, 0.3) is 0 Å². The van der Waals surface area contributed by atoms with Crippen molar-refractivity contribution in [3.63, 3.8) is 0 Å². The zero-order chi connectivity index (χ0) is 14.5. The van der Waals surface area contributed by atoms with E-state index in [4.69, 9.17) is 27.4 Å². The van der Waals surface area contributed by atoms with Crippen LogP contribution in [-0.2, 0) is 0 Å². The highest BCUT2D eigenvalue weighted by Gasteiger charge is 2.12. The normalized spacial score (nSPS) is 10.1. The Morgan fingerprint density at radius 2 is 1.85 bits per heavy atom. The predicted molar refractivity (Wildman–Crippen MR) is 87.2 cm³/mol. The van der Waals surface area contributed by atoms with Crippen LogP contribution < -0.4 is 15.2 Å². The molecule has 2 rings (SSSR count). The lowest BCUT2D eigenvalue weighted by molar-refractivity contribution is 0.409. The van der Waals surface area contributed by atoms with Crippen molar-refractivity contribution >= 4 is 29.0 Å². The molecule has 0 spiro atoms. The molecule has 0 bridgehead atoms. The zero-order valence-corrected chi connectivity index (χ0v) is 12.9. The van der Waals surface area contributed by atoms with E-state index in [2.05, 4.69) is 0 Å². The van der Waals surface area contributed by atoms with Gasteiger partial charge < -0.3 is 15.2 Å². The molecule has 20 heavy (non-hydrogen) atoms. The molecule has 0 aromatic heterocycles. The van der Waals surface area contributed by atoms with Crippen molar-refractivity contribution in [3.05, 3.63) is 48.0 Å². The molecule has 104 valence electrons. The van der Waals surface area contributed by atoms with Gasteiger partial charge >= 0.3 is 0 Å². The van der Waals surface area contributed by atoms with Gasteiger partial charge in [-0.3, -0.25) is 0 Å². The van der Waals surface area contributed by atoms with Gasteiger partial charge in [-0.25, -0.2) is 0 Å². The molecule has 0 saturated heterocycles. The van der Waals surface area contributed by atoms with Gasteiger partial charge in [-0.15, -0.1) is 11.8 Å². The average molecular weight is 305 g/mol. The van der Waals surface area contributed by atoms with Crippen molar-refractivity contribution in [2.45, 2.75) is 4.90 Å². The van der Waals surface area contributed by atoms with E-state index in [1.807, 2.05) is 48.7 Å². The molecule has 2 aromatic rings. The standard InChI is InChI=1S/C15H15NO2S2/c1-17-10-5-3-6-11(9-10)18-12-7-4-8-13(20-2)14(12)15(16)19/h3-9H,1-2H3,(H2,16,19). The Morgan fingerprint density at radius 3 is 2.50 bits per heavy atom. The Labute approximate surface area is 128 Å². The van der Waals surface area contributed by atoms with Gasteiger partial charge in [-0.05, 0) is 30.5 Å². The fourth-order valence-electron chi connectivity index (χ4n) is 1.80. The second-order valence-electron chi connectivity index (χ2n) is 3.98. The molecule has 0 aliphatic rings. The maximum absolute atomic E-state index is 5.89. The maximum Gasteiger partial charge on any atom is 0.138 e. The summed E-state index contributed by atoms with van der Waals surface area (Å²) in [4.78, 5) is 1.32. The zero-order valence-electron chi connectivity index (χ0n) is 11.3. The monoisotopic (exact) mass is 305 g/mol. The number of hydrogen-bond donors (Lipinski definition) is 1. The molecule has 0 fully saturated rings. The van der Waals surface area contributed by atoms with E-state index < -0.39 is 0 Å². The Kier molecular flexibility index (Phi) is 4.87. The molecule has 0 unspecified atom stereocenters. The number of nitrogens with two attached hydrogens (primary N) is 1. The highest BCUT2D eigenvalue weighted by atomic mass is 32.2. The second kappa shape index (κ2) is 6.63. The van der Waals surface area contributed by atoms with Crippen molar-refractivity contribution in [1.29, 1.82) is 0 Å². The number of ether oxygens (including phenoxy) is 2. The van der Waals surface area contributed by atoms with Crippen LogP contribution in [0.15, 0.2) is 47.4 Å². The largest absolute Gasteiger partial charge is 0.497 e. The van der Waals surface area contributed by atoms with E-state index in [-0.39, 0.29) is 0 Å². The van der Waals surface area contributed by atoms with Crippen LogP contribution in [0.3, 0.4) is 0 Å². The number of hydrogen-bond acceptors (Lipinski definition) is 4. The van der Waals surface area contributed by atoms with E-state index in [1.165, 1.54) is 0 Å². The van der Waals surface area contributed by atoms with E-state index in [0.717, 1.165) is 16.2 Å². The molecule has 0 radical (unpaired) electrons. The lowest BCUT2D eigenvalue weighted by Crippen LogP contribution is -2.12. The quantitative estimate of drug-likeness (QED) is 0.671. The van der Waals surface area contributed by atoms with Crippen LogP contribution in [0.1, 0.15) is 5.56 Å². The minimum Gasteiger partial charge on any atom is -0.497 e. The van der Waals surface area contributed by atoms with Crippen LogP contribution in [0.25, 0.3) is 0 Å². The van der Waals surface area contributed by atoms with E-state index in [1.54, 1.807) is 18.9 Å². The first kappa shape index (κ1) is 14.7. The Balaban J connectivity index is 2.40. The molecular weight excluding hydrogens is 290 g/mol. The van der Waals surface area contributed by atoms with Crippen molar-refractivity contribution < 1.29 is 9.47 Å². The first-order valence-electron chi connectivity index (χ1n) is 5.94. The lowest BCUT2D eigenvalue weighted by atomic mass is 10.2. The number of methoxy groups -OCH3 is 1. The summed E-state index contributed by atoms with van der Waals surface area (Å²) >= 11 is 6.71. The molecular formula is C15H15NO2S2. The van der Waals surface area contributed by atoms with Gasteiger partial charge in [0, 0.05) is 11.0 Å². The van der Waals surface area contributed by atoms with E-state index >= 15 is 0 Å². The second-order valence-corrected chi connectivity index (χ2v) is 5.27. The topological polar surface area (TPSA) is 44.5 Å². The third kappa shape index (κ3) is 3.23. The summed E-state index contributed by atoms with van der Waals surface area (Å²) in [6.45, 7) is 0. The highest BCUT2D eigenvalue weighted by Crippen LogP contribution is 2.33. The van der Waals surface area contributed by atoms with Crippen LogP contribution in [-0.4, -0.2) is 18.4 Å². The van der Waals surface area contributed by atoms with Gasteiger partial charge in [0.1, 0.15) is 22.2 Å². The van der Waals surface area contributed by atoms with Gasteiger partial charge in [-0.2, -0.15) is 0 Å². The lowest BCUT2D eigenvalue weighted by Gasteiger charge is -2.13. The van der Waals surface area contributed by atoms with Crippen molar-refractivity contribution in [3.8, 4) is 17.2 Å². The van der Waals surface area contributed by atoms with Gasteiger partial charge in [0.15, 0.2) is 0 Å². The Bertz CT molecular complexity index is 629. The van der Waals surface area contributed by atoms with Crippen molar-refractivity contribution in [2.75, 3.05) is 13.4 Å². The van der Waals surface area contributed by atoms with Crippen LogP contribution in [0.2, 0.25) is 0 Å². The minimum atomic E-state index is 0.327. The van der Waals surface area contributed by atoms with Crippen LogP contribution in [0.4, 0.5) is 0 Å². The molecule has 0 heterocycles. The molecule has 2 aromatic carbocycles. The summed E-state index contributed by atoms with van der Waals surface area (Å²) in [6.07, 6.45) is 1.98. The molecule has 3 nitrogen and oxygen atoms in total. The summed E-state index contributed by atoms with van der Waals surface area (Å²) in [5.41, 5.74) is 6.58. The van der Waals surface area contributed by atoms with E-state index in [9.17, 15) is 0 Å². The molecule has 5 heteroatoms. The van der Waals surface area contributed by atoms with Crippen molar-refractivity contribution in [2.24, 2.45) is 5.73 Å². The first-order chi connectivity index (χ1) is 9.65. The number of thioether (sulfide) groups is 1. The molecule has 0 aliphatic heterocycles. The van der Waals surface area contributed by atoms with Gasteiger partial charge in [-0.1, -0.05) is 24.4 Å². The Hall–Kier alpha value is -1.72. The smallest absolute Gasteiger partial charge is 0.138 e. The number of thiocarbonyl (C=S) groups is 1. The van der Waals surface area contributed by atoms with Crippen LogP contribution >= 0.6 is 24.0 Å². The van der Waals surface area contributed by atoms with Crippen LogP contribution in [0, 0.1) is 0 Å². The first-order valence-corrected chi connectivity index (χ1v) is 7.57. The summed E-state index contributed by atoms with van der Waals surface area (Å²) in [6, 6.07) is 13.1. The fraction of sp³-hybridized carbons (Fsp3) is 0.133. The summed E-state index contributed by atoms with van der Waals surface area (Å²) in [5.74, 6) is 2.07. The van der Waals surface area contributed by atoms with Crippen LogP contribution in [0.5, 0.6) is 17.2 Å². The molecule has 0 saturated carbocycles. The summed E-state index contributed by atoms with van der Waals surface area (Å²) < 4.78 is 11.1. The van der Waals surface area contributed by atoms with Gasteiger partial charge in [0.2, 0.25) is 0 Å². The summed E-state index contributed by atoms with van der Waals surface area (Å²) in [7, 11) is 1.62.